The van der Waals surface area contributed by atoms with E-state index in [1.165, 1.54) is 24.3 Å². The van der Waals surface area contributed by atoms with Crippen LogP contribution in [0.4, 0.5) is 26.3 Å². The molecule has 0 aromatic heterocycles. The van der Waals surface area contributed by atoms with Crippen LogP contribution in [0.25, 0.3) is 0 Å². The van der Waals surface area contributed by atoms with Gasteiger partial charge in [0.2, 0.25) is 10.0 Å². The first-order valence-electron chi connectivity index (χ1n) is 7.89. The van der Waals surface area contributed by atoms with Crippen molar-refractivity contribution in [2.75, 3.05) is 0 Å². The Morgan fingerprint density at radius 2 is 1.50 bits per heavy atom. The van der Waals surface area contributed by atoms with Crippen molar-refractivity contribution in [2.45, 2.75) is 29.7 Å². The second-order valence-corrected chi connectivity index (χ2v) is 8.16. The highest BCUT2D eigenvalue weighted by molar-refractivity contribution is 7.89. The van der Waals surface area contributed by atoms with Crippen LogP contribution in [-0.2, 0) is 27.2 Å². The molecule has 0 amide bonds. The average Bonchev–Trinajstić information content (AvgIpc) is 2.59. The molecule has 0 spiro atoms. The molecule has 164 valence electrons. The maximum absolute atomic E-state index is 13.0. The maximum Gasteiger partial charge on any atom is 0.416 e. The summed E-state index contributed by atoms with van der Waals surface area (Å²) in [5, 5.41) is 8.98. The van der Waals surface area contributed by atoms with E-state index >= 15 is 0 Å². The summed E-state index contributed by atoms with van der Waals surface area (Å²) in [5.41, 5.74) is -3.68. The summed E-state index contributed by atoms with van der Waals surface area (Å²) in [7, 11) is -5.01. The highest BCUT2D eigenvalue weighted by Gasteiger charge is 2.38. The van der Waals surface area contributed by atoms with Gasteiger partial charge in [0, 0.05) is 5.02 Å². The number of carbonyl (C=O) groups is 1. The third-order valence-electron chi connectivity index (χ3n) is 3.83. The molecule has 30 heavy (non-hydrogen) atoms. The lowest BCUT2D eigenvalue weighted by Crippen LogP contribution is -2.31. The van der Waals surface area contributed by atoms with Gasteiger partial charge in [-0.1, -0.05) is 29.8 Å². The minimum absolute atomic E-state index is 0.0202. The summed E-state index contributed by atoms with van der Waals surface area (Å²) >= 11 is 5.92. The summed E-state index contributed by atoms with van der Waals surface area (Å²) in [6.45, 7) is 0. The number of rotatable bonds is 6. The van der Waals surface area contributed by atoms with E-state index in [2.05, 4.69) is 0 Å². The summed E-state index contributed by atoms with van der Waals surface area (Å²) in [4.78, 5) is 9.79. The Labute approximate surface area is 171 Å². The number of nitrogens with one attached hydrogen (secondary N) is 1. The van der Waals surface area contributed by atoms with Crippen LogP contribution in [0.2, 0.25) is 5.02 Å². The van der Waals surface area contributed by atoms with Crippen molar-refractivity contribution in [3.05, 3.63) is 64.2 Å². The lowest BCUT2D eigenvalue weighted by Gasteiger charge is -2.20. The standard InChI is InChI=1S/C17H12ClF6NO4S/c18-13-4-2-1-3-12(13)14(8-15(26)27)25-30(28,29)11-6-9(16(19,20)21)5-10(7-11)17(22,23)24/h1-7,14,25H,8H2,(H,26,27). The van der Waals surface area contributed by atoms with E-state index in [4.69, 9.17) is 16.7 Å². The second kappa shape index (κ2) is 8.44. The summed E-state index contributed by atoms with van der Waals surface area (Å²) in [6, 6.07) is 3.73. The quantitative estimate of drug-likeness (QED) is 0.584. The molecule has 2 rings (SSSR count). The highest BCUT2D eigenvalue weighted by Crippen LogP contribution is 2.37. The summed E-state index contributed by atoms with van der Waals surface area (Å²) in [5.74, 6) is -1.48. The Balaban J connectivity index is 2.58. The molecule has 0 heterocycles. The van der Waals surface area contributed by atoms with Crippen LogP contribution in [0.15, 0.2) is 47.4 Å². The van der Waals surface area contributed by atoms with Crippen molar-refractivity contribution < 1.29 is 44.7 Å². The van der Waals surface area contributed by atoms with Crippen molar-refractivity contribution >= 4 is 27.6 Å². The second-order valence-electron chi connectivity index (χ2n) is 6.03. The first kappa shape index (κ1) is 24.0. The normalized spacial score (nSPS) is 13.8. The highest BCUT2D eigenvalue weighted by atomic mass is 35.5. The van der Waals surface area contributed by atoms with Crippen LogP contribution in [0, 0.1) is 0 Å². The van der Waals surface area contributed by atoms with Gasteiger partial charge in [-0.3, -0.25) is 4.79 Å². The molecule has 0 aliphatic heterocycles. The Morgan fingerprint density at radius 1 is 1.00 bits per heavy atom. The number of hydrogen-bond acceptors (Lipinski definition) is 3. The van der Waals surface area contributed by atoms with Gasteiger partial charge in [0.25, 0.3) is 0 Å². The fourth-order valence-electron chi connectivity index (χ4n) is 2.48. The lowest BCUT2D eigenvalue weighted by molar-refractivity contribution is -0.143. The molecule has 5 nitrogen and oxygen atoms in total. The first-order valence-corrected chi connectivity index (χ1v) is 9.75. The third kappa shape index (κ3) is 5.86. The van der Waals surface area contributed by atoms with Gasteiger partial charge in [-0.2, -0.15) is 26.3 Å². The Morgan fingerprint density at radius 3 is 1.93 bits per heavy atom. The first-order chi connectivity index (χ1) is 13.6. The van der Waals surface area contributed by atoms with Gasteiger partial charge in [-0.15, -0.1) is 0 Å². The molecule has 0 aliphatic carbocycles. The Hall–Kier alpha value is -2.31. The van der Waals surface area contributed by atoms with Crippen molar-refractivity contribution in [3.8, 4) is 0 Å². The average molecular weight is 476 g/mol. The van der Waals surface area contributed by atoms with Gasteiger partial charge in [0.1, 0.15) is 0 Å². The van der Waals surface area contributed by atoms with E-state index in [0.717, 1.165) is 0 Å². The smallest absolute Gasteiger partial charge is 0.416 e. The van der Waals surface area contributed by atoms with E-state index in [9.17, 15) is 39.6 Å². The molecule has 1 atom stereocenters. The zero-order chi connectivity index (χ0) is 22.9. The molecule has 2 aromatic carbocycles. The van der Waals surface area contributed by atoms with Crippen molar-refractivity contribution in [2.24, 2.45) is 0 Å². The van der Waals surface area contributed by atoms with Gasteiger partial charge < -0.3 is 5.11 Å². The van der Waals surface area contributed by atoms with Crippen molar-refractivity contribution in [1.29, 1.82) is 0 Å². The fraction of sp³-hybridized carbons (Fsp3) is 0.235. The molecule has 13 heteroatoms. The number of hydrogen-bond donors (Lipinski definition) is 2. The molecule has 0 saturated heterocycles. The molecule has 0 fully saturated rings. The van der Waals surface area contributed by atoms with Crippen molar-refractivity contribution in [3.63, 3.8) is 0 Å². The number of alkyl halides is 6. The van der Waals surface area contributed by atoms with Crippen LogP contribution in [-0.4, -0.2) is 19.5 Å². The van der Waals surface area contributed by atoms with Crippen LogP contribution < -0.4 is 4.72 Å². The van der Waals surface area contributed by atoms with E-state index < -0.39 is 56.8 Å². The number of benzene rings is 2. The number of carboxylic acid groups (broad SMARTS) is 1. The van der Waals surface area contributed by atoms with Gasteiger partial charge in [-0.05, 0) is 29.8 Å². The third-order valence-corrected chi connectivity index (χ3v) is 5.62. The van der Waals surface area contributed by atoms with Gasteiger partial charge in [-0.25, -0.2) is 13.1 Å². The molecule has 0 bridgehead atoms. The SMILES string of the molecule is O=C(O)CC(NS(=O)(=O)c1cc(C(F)(F)F)cc(C(F)(F)F)c1)c1ccccc1Cl. The lowest BCUT2D eigenvalue weighted by atomic mass is 10.1. The van der Waals surface area contributed by atoms with E-state index in [1.807, 2.05) is 4.72 Å². The van der Waals surface area contributed by atoms with Gasteiger partial charge in [0.05, 0.1) is 28.5 Å². The number of carboxylic acids is 1. The number of sulfonamides is 1. The molecule has 2 N–H and O–H groups in total. The van der Waals surface area contributed by atoms with E-state index in [1.54, 1.807) is 0 Å². The van der Waals surface area contributed by atoms with Gasteiger partial charge in [0.15, 0.2) is 0 Å². The Bertz CT molecular complexity index is 1020. The molecular formula is C17H12ClF6NO4S. The van der Waals surface area contributed by atoms with Crippen LogP contribution in [0.5, 0.6) is 0 Å². The molecule has 1 unspecified atom stereocenters. The minimum atomic E-state index is -5.26. The van der Waals surface area contributed by atoms with Crippen LogP contribution in [0.1, 0.15) is 29.2 Å². The molecule has 0 radical (unpaired) electrons. The van der Waals surface area contributed by atoms with E-state index in [-0.39, 0.29) is 28.8 Å². The maximum atomic E-state index is 13.0. The van der Waals surface area contributed by atoms with E-state index in [0.29, 0.717) is 0 Å². The predicted molar refractivity (Wildman–Crippen MR) is 93.2 cm³/mol. The number of aliphatic carboxylic acids is 1. The molecular weight excluding hydrogens is 464 g/mol. The topological polar surface area (TPSA) is 83.5 Å². The summed E-state index contributed by atoms with van der Waals surface area (Å²) in [6.07, 6.45) is -11.4. The van der Waals surface area contributed by atoms with Gasteiger partial charge >= 0.3 is 18.3 Å². The van der Waals surface area contributed by atoms with Crippen LogP contribution >= 0.6 is 11.6 Å². The molecule has 0 saturated carbocycles. The van der Waals surface area contributed by atoms with Crippen LogP contribution in [0.3, 0.4) is 0 Å². The predicted octanol–water partition coefficient (Wildman–Crippen LogP) is 4.87. The zero-order valence-corrected chi connectivity index (χ0v) is 16.1. The Kier molecular flexibility index (Phi) is 6.74. The fourth-order valence-corrected chi connectivity index (χ4v) is 4.04. The molecule has 0 aliphatic rings. The minimum Gasteiger partial charge on any atom is -0.481 e. The van der Waals surface area contributed by atoms with Crippen molar-refractivity contribution in [1.82, 2.24) is 4.72 Å². The monoisotopic (exact) mass is 475 g/mol. The number of halogens is 7. The largest absolute Gasteiger partial charge is 0.481 e. The zero-order valence-electron chi connectivity index (χ0n) is 14.6. The molecule has 2 aromatic rings. The summed E-state index contributed by atoms with van der Waals surface area (Å²) < 4.78 is 105.